The molecular formula is C74H48B2FN5O. The van der Waals surface area contributed by atoms with Crippen molar-refractivity contribution in [1.82, 2.24) is 9.13 Å². The lowest BCUT2D eigenvalue weighted by Crippen LogP contribution is -2.64. The molecule has 83 heavy (non-hydrogen) atoms. The number of aromatic nitrogens is 2. The molecule has 6 nitrogen and oxygen atoms in total. The van der Waals surface area contributed by atoms with E-state index in [1.54, 1.807) is 12.1 Å². The van der Waals surface area contributed by atoms with Crippen LogP contribution in [0, 0.1) is 19.7 Å². The van der Waals surface area contributed by atoms with Gasteiger partial charge in [-0.1, -0.05) is 152 Å². The molecule has 0 spiro atoms. The van der Waals surface area contributed by atoms with Crippen LogP contribution in [0.1, 0.15) is 11.1 Å². The summed E-state index contributed by atoms with van der Waals surface area (Å²) >= 11 is 0. The maximum absolute atomic E-state index is 17.4. The highest BCUT2D eigenvalue weighted by Crippen LogP contribution is 2.49. The first kappa shape index (κ1) is 46.3. The van der Waals surface area contributed by atoms with Gasteiger partial charge in [-0.25, -0.2) is 4.39 Å². The minimum atomic E-state index is -0.318. The molecule has 2 aromatic heterocycles. The Bertz CT molecular complexity index is 5110. The maximum Gasteiger partial charge on any atom is 0.256 e. The molecule has 388 valence electrons. The van der Waals surface area contributed by atoms with E-state index in [-0.39, 0.29) is 19.2 Å². The Morgan fingerprint density at radius 1 is 0.301 bits per heavy atom. The topological polar surface area (TPSA) is 28.8 Å². The summed E-state index contributed by atoms with van der Waals surface area (Å²) < 4.78 is 29.9. The van der Waals surface area contributed by atoms with Crippen LogP contribution in [0.2, 0.25) is 0 Å². The zero-order chi connectivity index (χ0) is 54.8. The van der Waals surface area contributed by atoms with E-state index in [2.05, 4.69) is 268 Å². The van der Waals surface area contributed by atoms with Crippen LogP contribution in [0.3, 0.4) is 0 Å². The molecule has 0 bridgehead atoms. The predicted octanol–water partition coefficient (Wildman–Crippen LogP) is 15.1. The first-order valence-corrected chi connectivity index (χ1v) is 28.6. The lowest BCUT2D eigenvalue weighted by Gasteiger charge is -2.45. The van der Waals surface area contributed by atoms with Crippen LogP contribution in [0.15, 0.2) is 255 Å². The molecule has 4 aliphatic rings. The largest absolute Gasteiger partial charge is 0.458 e. The van der Waals surface area contributed by atoms with Crippen molar-refractivity contribution >= 4 is 141 Å². The third-order valence-corrected chi connectivity index (χ3v) is 18.0. The summed E-state index contributed by atoms with van der Waals surface area (Å²) in [5.74, 6) is 1.20. The fourth-order valence-corrected chi connectivity index (χ4v) is 14.7. The van der Waals surface area contributed by atoms with Gasteiger partial charge in [0, 0.05) is 79.2 Å². The number of nitrogens with zero attached hydrogens (tertiary/aromatic N) is 5. The molecule has 0 atom stereocenters. The summed E-state index contributed by atoms with van der Waals surface area (Å²) in [6.07, 6.45) is 0. The molecule has 0 fully saturated rings. The molecule has 6 heterocycles. The molecule has 9 heteroatoms. The minimum absolute atomic E-state index is 0.219. The van der Waals surface area contributed by atoms with Crippen LogP contribution in [0.25, 0.3) is 55.0 Å². The van der Waals surface area contributed by atoms with Crippen LogP contribution in [0.5, 0.6) is 11.5 Å². The smallest absolute Gasteiger partial charge is 0.256 e. The van der Waals surface area contributed by atoms with Crippen LogP contribution in [-0.2, 0) is 0 Å². The van der Waals surface area contributed by atoms with E-state index in [0.717, 1.165) is 112 Å². The van der Waals surface area contributed by atoms with Gasteiger partial charge < -0.3 is 28.6 Å². The fraction of sp³-hybridized carbons (Fsp3) is 0.0270. The Labute approximate surface area is 479 Å². The fourth-order valence-electron chi connectivity index (χ4n) is 14.7. The van der Waals surface area contributed by atoms with Gasteiger partial charge in [-0.3, -0.25) is 0 Å². The van der Waals surface area contributed by atoms with Crippen molar-refractivity contribution in [2.75, 3.05) is 14.7 Å². The second kappa shape index (κ2) is 17.3. The number of hydrogen-bond donors (Lipinski definition) is 0. The number of fused-ring (bicyclic) bond motifs is 14. The molecule has 0 N–H and O–H groups in total. The van der Waals surface area contributed by atoms with E-state index in [9.17, 15) is 0 Å². The summed E-state index contributed by atoms with van der Waals surface area (Å²) in [5.41, 5.74) is 24.1. The molecule has 0 saturated carbocycles. The molecule has 18 rings (SSSR count). The highest BCUT2D eigenvalue weighted by atomic mass is 19.1. The summed E-state index contributed by atoms with van der Waals surface area (Å²) in [4.78, 5) is 7.04. The molecular weight excluding hydrogens is 1020 g/mol. The van der Waals surface area contributed by atoms with Gasteiger partial charge in [0.2, 0.25) is 0 Å². The summed E-state index contributed by atoms with van der Waals surface area (Å²) in [6, 6.07) is 91.3. The molecule has 0 unspecified atom stereocenters. The Hall–Kier alpha value is -10.5. The Balaban J connectivity index is 0.944. The van der Waals surface area contributed by atoms with E-state index >= 15 is 4.39 Å². The summed E-state index contributed by atoms with van der Waals surface area (Å²) in [5, 5.41) is 4.74. The van der Waals surface area contributed by atoms with Crippen molar-refractivity contribution in [3.63, 3.8) is 0 Å². The number of halogens is 1. The van der Waals surface area contributed by atoms with Crippen LogP contribution in [-0.4, -0.2) is 22.6 Å². The van der Waals surface area contributed by atoms with E-state index in [1.807, 2.05) is 12.1 Å². The van der Waals surface area contributed by atoms with Gasteiger partial charge in [0.15, 0.2) is 0 Å². The predicted molar refractivity (Wildman–Crippen MR) is 344 cm³/mol. The quantitative estimate of drug-likeness (QED) is 0.161. The number of aryl methyl sites for hydroxylation is 2. The average molecular weight is 1060 g/mol. The van der Waals surface area contributed by atoms with Gasteiger partial charge in [-0.05, 0) is 149 Å². The summed E-state index contributed by atoms with van der Waals surface area (Å²) in [6.45, 7) is 3.85. The molecule has 4 aliphatic heterocycles. The first-order chi connectivity index (χ1) is 40.9. The highest BCUT2D eigenvalue weighted by molar-refractivity contribution is 7.02. The standard InChI is InChI=1S/C74H48B2FN5O/c1-45-33-35-53-51-23-9-14-28-60(51)80(65(53)37-45)49-39-68-73-69(40-49)82(64-32-18-13-27-59(64)77)67-44-71-58(43-57(67)75(73)55-25-11-16-30-62(55)78(68)47-19-5-3-6-20-47)76-56-26-12-17-31-63(56)79(48-21-7-4-8-22-48)70-41-50(42-72(83-71)74(70)76)81-61-29-15-10-24-52(61)54-36-34-46(2)38-66(54)81/h3-44H,1-2H3. The van der Waals surface area contributed by atoms with Gasteiger partial charge in [-0.15, -0.1) is 0 Å². The van der Waals surface area contributed by atoms with Crippen LogP contribution >= 0.6 is 0 Å². The monoisotopic (exact) mass is 1060 g/mol. The van der Waals surface area contributed by atoms with Gasteiger partial charge in [0.1, 0.15) is 17.3 Å². The van der Waals surface area contributed by atoms with E-state index < -0.39 is 0 Å². The number of hydrogen-bond acceptors (Lipinski definition) is 4. The molecule has 12 aromatic carbocycles. The minimum Gasteiger partial charge on any atom is -0.458 e. The van der Waals surface area contributed by atoms with Crippen molar-refractivity contribution < 1.29 is 9.13 Å². The third-order valence-electron chi connectivity index (χ3n) is 18.0. The summed E-state index contributed by atoms with van der Waals surface area (Å²) in [7, 11) is 0. The molecule has 14 aromatic rings. The van der Waals surface area contributed by atoms with Crippen molar-refractivity contribution in [2.45, 2.75) is 13.8 Å². The SMILES string of the molecule is Cc1ccc2c3ccccc3n(-c3cc4c5c(c3)N(c3ccccc3)c3ccccc3B5c3cc5c(cc3O4)N(c3ccccc3F)c3cc(-n4c6ccccc6c6ccc(C)cc64)cc4c3B5c3ccccc3N4c3ccccc3)c2c1. The third kappa shape index (κ3) is 6.50. The van der Waals surface area contributed by atoms with Gasteiger partial charge in [0.05, 0.1) is 39.1 Å². The molecule has 0 amide bonds. The van der Waals surface area contributed by atoms with Crippen LogP contribution < -0.4 is 52.2 Å². The second-order valence-electron chi connectivity index (χ2n) is 22.7. The molecule has 0 aliphatic carbocycles. The van der Waals surface area contributed by atoms with Crippen molar-refractivity contribution in [3.05, 3.63) is 272 Å². The Kier molecular flexibility index (Phi) is 9.62. The number of para-hydroxylation sites is 7. The molecule has 0 saturated heterocycles. The Morgan fingerprint density at radius 2 is 0.759 bits per heavy atom. The maximum atomic E-state index is 17.4. The van der Waals surface area contributed by atoms with E-state index in [0.29, 0.717) is 5.69 Å². The zero-order valence-electron chi connectivity index (χ0n) is 45.4. The van der Waals surface area contributed by atoms with Crippen LogP contribution in [0.4, 0.5) is 55.6 Å². The van der Waals surface area contributed by atoms with Gasteiger partial charge >= 0.3 is 0 Å². The normalized spacial score (nSPS) is 13.5. The molecule has 0 radical (unpaired) electrons. The van der Waals surface area contributed by atoms with Crippen molar-refractivity contribution in [1.29, 1.82) is 0 Å². The van der Waals surface area contributed by atoms with E-state index in [4.69, 9.17) is 4.74 Å². The first-order valence-electron chi connectivity index (χ1n) is 28.6. The van der Waals surface area contributed by atoms with Gasteiger partial charge in [0.25, 0.3) is 13.4 Å². The number of ether oxygens (including phenoxy) is 1. The lowest BCUT2D eigenvalue weighted by atomic mass is 9.30. The van der Waals surface area contributed by atoms with Gasteiger partial charge in [-0.2, -0.15) is 0 Å². The second-order valence-corrected chi connectivity index (χ2v) is 22.7. The number of benzene rings is 12. The van der Waals surface area contributed by atoms with Crippen molar-refractivity contribution in [2.24, 2.45) is 0 Å². The highest BCUT2D eigenvalue weighted by Gasteiger charge is 2.48. The van der Waals surface area contributed by atoms with E-state index in [1.165, 1.54) is 43.6 Å². The van der Waals surface area contributed by atoms with Crippen molar-refractivity contribution in [3.8, 4) is 22.9 Å². The number of rotatable bonds is 5. The average Bonchev–Trinajstić information content (AvgIpc) is 1.91. The number of anilines is 9. The lowest BCUT2D eigenvalue weighted by molar-refractivity contribution is 0.487. The Morgan fingerprint density at radius 3 is 1.34 bits per heavy atom. The zero-order valence-corrected chi connectivity index (χ0v) is 45.4.